The third-order valence-electron chi connectivity index (χ3n) is 3.89. The lowest BCUT2D eigenvalue weighted by atomic mass is 10.2. The van der Waals surface area contributed by atoms with Crippen LogP contribution in [-0.2, 0) is 9.53 Å². The summed E-state index contributed by atoms with van der Waals surface area (Å²) in [5.41, 5.74) is 3.09. The van der Waals surface area contributed by atoms with E-state index in [0.29, 0.717) is 11.3 Å². The van der Waals surface area contributed by atoms with Crippen LogP contribution in [0.5, 0.6) is 0 Å². The molecule has 0 aliphatic carbocycles. The third-order valence-corrected chi connectivity index (χ3v) is 3.89. The molecule has 2 heterocycles. The number of nitrogens with zero attached hydrogens (tertiary/aromatic N) is 3. The second-order valence-corrected chi connectivity index (χ2v) is 6.25. The summed E-state index contributed by atoms with van der Waals surface area (Å²) in [7, 11) is 0. The number of amides is 1. The van der Waals surface area contributed by atoms with Crippen molar-refractivity contribution in [3.8, 4) is 5.69 Å². The van der Waals surface area contributed by atoms with Crippen molar-refractivity contribution in [1.29, 1.82) is 0 Å². The number of aryl methyl sites for hydroxylation is 3. The molecule has 27 heavy (non-hydrogen) atoms. The van der Waals surface area contributed by atoms with Gasteiger partial charge in [-0.05, 0) is 58.0 Å². The van der Waals surface area contributed by atoms with Crippen molar-refractivity contribution < 1.29 is 18.8 Å². The smallest absolute Gasteiger partial charge is 0.338 e. The maximum Gasteiger partial charge on any atom is 0.338 e. The van der Waals surface area contributed by atoms with E-state index in [4.69, 9.17) is 9.26 Å². The highest BCUT2D eigenvalue weighted by molar-refractivity contribution is 5.96. The van der Waals surface area contributed by atoms with Crippen molar-refractivity contribution in [3.63, 3.8) is 0 Å². The molecule has 1 N–H and O–H groups in total. The Kier molecular flexibility index (Phi) is 5.07. The van der Waals surface area contributed by atoms with Crippen molar-refractivity contribution in [2.45, 2.75) is 33.8 Å². The number of nitrogens with one attached hydrogen (secondary N) is 1. The average Bonchev–Trinajstić information content (AvgIpc) is 3.19. The number of anilines is 1. The predicted molar refractivity (Wildman–Crippen MR) is 97.8 cm³/mol. The molecule has 2 aromatic heterocycles. The molecule has 0 aliphatic heterocycles. The highest BCUT2D eigenvalue weighted by Gasteiger charge is 2.20. The molecule has 8 heteroatoms. The van der Waals surface area contributed by atoms with Crippen molar-refractivity contribution in [2.75, 3.05) is 5.32 Å². The summed E-state index contributed by atoms with van der Waals surface area (Å²) in [6.45, 7) is 7.08. The minimum absolute atomic E-state index is 0.273. The van der Waals surface area contributed by atoms with Gasteiger partial charge in [0.1, 0.15) is 5.76 Å². The zero-order valence-electron chi connectivity index (χ0n) is 15.5. The summed E-state index contributed by atoms with van der Waals surface area (Å²) >= 11 is 0. The molecule has 1 amide bonds. The van der Waals surface area contributed by atoms with Crippen LogP contribution in [0.2, 0.25) is 0 Å². The first kappa shape index (κ1) is 18.4. The molecule has 8 nitrogen and oxygen atoms in total. The standard InChI is InChI=1S/C19H20N4O4/c1-11-9-12(2)23(21-11)16-7-5-15(6-8-16)19(25)26-14(4)18(24)20-17-10-13(3)27-22-17/h5-10,14H,1-4H3,(H,20,22,24)/t14-/m0/s1. The molecule has 0 saturated heterocycles. The summed E-state index contributed by atoms with van der Waals surface area (Å²) in [6.07, 6.45) is -0.981. The molecule has 0 bridgehead atoms. The molecule has 0 unspecified atom stereocenters. The normalized spacial score (nSPS) is 11.9. The Morgan fingerprint density at radius 1 is 1.15 bits per heavy atom. The summed E-state index contributed by atoms with van der Waals surface area (Å²) in [5.74, 6) is -0.239. The fraction of sp³-hybridized carbons (Fsp3) is 0.263. The summed E-state index contributed by atoms with van der Waals surface area (Å²) in [5, 5.41) is 10.6. The van der Waals surface area contributed by atoms with Gasteiger partial charge in [0, 0.05) is 11.8 Å². The van der Waals surface area contributed by atoms with Crippen LogP contribution in [0.1, 0.15) is 34.4 Å². The minimum atomic E-state index is -0.981. The van der Waals surface area contributed by atoms with Gasteiger partial charge in [-0.1, -0.05) is 5.16 Å². The number of carbonyl (C=O) groups is 2. The number of esters is 1. The predicted octanol–water partition coefficient (Wildman–Crippen LogP) is 2.97. The van der Waals surface area contributed by atoms with Gasteiger partial charge >= 0.3 is 5.97 Å². The van der Waals surface area contributed by atoms with E-state index in [9.17, 15) is 9.59 Å². The van der Waals surface area contributed by atoms with Crippen LogP contribution in [0, 0.1) is 20.8 Å². The number of ether oxygens (including phenoxy) is 1. The molecule has 3 rings (SSSR count). The van der Waals surface area contributed by atoms with Crippen LogP contribution in [0.4, 0.5) is 5.82 Å². The zero-order valence-corrected chi connectivity index (χ0v) is 15.5. The van der Waals surface area contributed by atoms with Crippen LogP contribution < -0.4 is 5.32 Å². The van der Waals surface area contributed by atoms with Crippen molar-refractivity contribution in [2.24, 2.45) is 0 Å². The Balaban J connectivity index is 1.63. The number of carbonyl (C=O) groups excluding carboxylic acids is 2. The van der Waals surface area contributed by atoms with Gasteiger partial charge in [0.15, 0.2) is 11.9 Å². The lowest BCUT2D eigenvalue weighted by molar-refractivity contribution is -0.123. The van der Waals surface area contributed by atoms with E-state index >= 15 is 0 Å². The molecule has 0 radical (unpaired) electrons. The first-order valence-electron chi connectivity index (χ1n) is 8.42. The van der Waals surface area contributed by atoms with Gasteiger partial charge in [-0.25, -0.2) is 9.48 Å². The second kappa shape index (κ2) is 7.45. The Hall–Kier alpha value is -3.42. The molecule has 0 spiro atoms. The largest absolute Gasteiger partial charge is 0.449 e. The molecule has 140 valence electrons. The van der Waals surface area contributed by atoms with E-state index in [0.717, 1.165) is 17.1 Å². The second-order valence-electron chi connectivity index (χ2n) is 6.25. The van der Waals surface area contributed by atoms with Crippen LogP contribution in [0.25, 0.3) is 5.69 Å². The molecule has 0 aliphatic rings. The van der Waals surface area contributed by atoms with Crippen LogP contribution in [-0.4, -0.2) is 32.9 Å². The number of rotatable bonds is 5. The van der Waals surface area contributed by atoms with E-state index in [1.165, 1.54) is 6.92 Å². The first-order valence-corrected chi connectivity index (χ1v) is 8.42. The van der Waals surface area contributed by atoms with E-state index in [1.807, 2.05) is 19.9 Å². The Labute approximate surface area is 156 Å². The number of benzene rings is 1. The fourth-order valence-electron chi connectivity index (χ4n) is 2.56. The van der Waals surface area contributed by atoms with Gasteiger partial charge in [0.2, 0.25) is 0 Å². The van der Waals surface area contributed by atoms with Crippen molar-refractivity contribution >= 4 is 17.7 Å². The Morgan fingerprint density at radius 2 is 1.85 bits per heavy atom. The quantitative estimate of drug-likeness (QED) is 0.695. The summed E-state index contributed by atoms with van der Waals surface area (Å²) < 4.78 is 11.9. The maximum atomic E-state index is 12.3. The van der Waals surface area contributed by atoms with Gasteiger partial charge in [0.05, 0.1) is 16.9 Å². The SMILES string of the molecule is Cc1cc(C)n(-c2ccc(C(=O)O[C@@H](C)C(=O)Nc3cc(C)on3)cc2)n1. The molecule has 1 aromatic carbocycles. The number of hydrogen-bond acceptors (Lipinski definition) is 6. The molecule has 3 aromatic rings. The number of aromatic nitrogens is 3. The molecule has 1 atom stereocenters. The van der Waals surface area contributed by atoms with Crippen molar-refractivity contribution in [3.05, 3.63) is 59.1 Å². The monoisotopic (exact) mass is 368 g/mol. The lowest BCUT2D eigenvalue weighted by Crippen LogP contribution is -2.30. The highest BCUT2D eigenvalue weighted by atomic mass is 16.5. The van der Waals surface area contributed by atoms with Gasteiger partial charge in [-0.2, -0.15) is 5.10 Å². The van der Waals surface area contributed by atoms with E-state index in [1.54, 1.807) is 41.9 Å². The van der Waals surface area contributed by atoms with Crippen LogP contribution in [0.3, 0.4) is 0 Å². The summed E-state index contributed by atoms with van der Waals surface area (Å²) in [6, 6.07) is 10.4. The minimum Gasteiger partial charge on any atom is -0.449 e. The first-order chi connectivity index (χ1) is 12.8. The molecular weight excluding hydrogens is 348 g/mol. The van der Waals surface area contributed by atoms with E-state index < -0.39 is 18.0 Å². The summed E-state index contributed by atoms with van der Waals surface area (Å²) in [4.78, 5) is 24.4. The Bertz CT molecular complexity index is 972. The lowest BCUT2D eigenvalue weighted by Gasteiger charge is -2.12. The molecular formula is C19H20N4O4. The van der Waals surface area contributed by atoms with Gasteiger partial charge in [-0.15, -0.1) is 0 Å². The highest BCUT2D eigenvalue weighted by Crippen LogP contribution is 2.14. The van der Waals surface area contributed by atoms with Crippen molar-refractivity contribution in [1.82, 2.24) is 14.9 Å². The van der Waals surface area contributed by atoms with Gasteiger partial charge in [-0.3, -0.25) is 4.79 Å². The number of hydrogen-bond donors (Lipinski definition) is 1. The van der Waals surface area contributed by atoms with Crippen LogP contribution >= 0.6 is 0 Å². The Morgan fingerprint density at radius 3 is 2.41 bits per heavy atom. The third kappa shape index (κ3) is 4.22. The molecule has 0 fully saturated rings. The topological polar surface area (TPSA) is 99.2 Å². The van der Waals surface area contributed by atoms with Gasteiger partial charge < -0.3 is 14.6 Å². The van der Waals surface area contributed by atoms with Crippen LogP contribution in [0.15, 0.2) is 40.9 Å². The fourth-order valence-corrected chi connectivity index (χ4v) is 2.56. The average molecular weight is 368 g/mol. The molecule has 0 saturated carbocycles. The van der Waals surface area contributed by atoms with E-state index in [-0.39, 0.29) is 5.82 Å². The van der Waals surface area contributed by atoms with E-state index in [2.05, 4.69) is 15.6 Å². The van der Waals surface area contributed by atoms with Gasteiger partial charge in [0.25, 0.3) is 5.91 Å². The zero-order chi connectivity index (χ0) is 19.6. The maximum absolute atomic E-state index is 12.3.